The smallest absolute Gasteiger partial charge is 0.407 e. The standard InChI is InChI=1S/C20H27N3O2/c1-20(2,3)25-19(24)23-16-9-7-15(8-10-16)22-18-6-4-5-14-13-21-12-11-17(14)18/h4-6,11-13,15-16,22H,7-10H2,1-3H3,(H,23,24)/t15-,16-. The summed E-state index contributed by atoms with van der Waals surface area (Å²) in [7, 11) is 0. The van der Waals surface area contributed by atoms with E-state index < -0.39 is 5.60 Å². The van der Waals surface area contributed by atoms with Crippen LogP contribution in [-0.4, -0.2) is 28.8 Å². The highest BCUT2D eigenvalue weighted by Crippen LogP contribution is 2.27. The van der Waals surface area contributed by atoms with Crippen LogP contribution in [-0.2, 0) is 4.74 Å². The van der Waals surface area contributed by atoms with Crippen molar-refractivity contribution in [3.8, 4) is 0 Å². The molecule has 0 spiro atoms. The molecule has 0 radical (unpaired) electrons. The average molecular weight is 341 g/mol. The molecule has 1 aliphatic rings. The summed E-state index contributed by atoms with van der Waals surface area (Å²) in [6.45, 7) is 5.65. The largest absolute Gasteiger partial charge is 0.444 e. The van der Waals surface area contributed by atoms with Crippen LogP contribution in [0.4, 0.5) is 10.5 Å². The Bertz CT molecular complexity index is 726. The first kappa shape index (κ1) is 17.5. The molecule has 5 heteroatoms. The van der Waals surface area contributed by atoms with Crippen molar-refractivity contribution in [2.45, 2.75) is 64.1 Å². The SMILES string of the molecule is CC(C)(C)OC(=O)N[C@H]1CC[C@H](Nc2cccc3cnccc23)CC1. The van der Waals surface area contributed by atoms with Crippen LogP contribution in [0.15, 0.2) is 36.7 Å². The molecule has 2 N–H and O–H groups in total. The lowest BCUT2D eigenvalue weighted by molar-refractivity contribution is 0.0492. The first-order chi connectivity index (χ1) is 11.9. The van der Waals surface area contributed by atoms with Gasteiger partial charge in [0.05, 0.1) is 0 Å². The van der Waals surface area contributed by atoms with Crippen LogP contribution in [0.1, 0.15) is 46.5 Å². The molecule has 0 unspecified atom stereocenters. The Hall–Kier alpha value is -2.30. The van der Waals surface area contributed by atoms with Gasteiger partial charge in [-0.15, -0.1) is 0 Å². The third-order valence-corrected chi connectivity index (χ3v) is 4.49. The summed E-state index contributed by atoms with van der Waals surface area (Å²) in [6, 6.07) is 8.93. The van der Waals surface area contributed by atoms with Gasteiger partial charge in [0.2, 0.25) is 0 Å². The highest BCUT2D eigenvalue weighted by Gasteiger charge is 2.24. The second-order valence-corrected chi connectivity index (χ2v) is 7.74. The van der Waals surface area contributed by atoms with E-state index in [0.29, 0.717) is 6.04 Å². The normalized spacial score (nSPS) is 20.9. The van der Waals surface area contributed by atoms with Crippen molar-refractivity contribution in [2.75, 3.05) is 5.32 Å². The maximum Gasteiger partial charge on any atom is 0.407 e. The van der Waals surface area contributed by atoms with Crippen LogP contribution in [0.2, 0.25) is 0 Å². The highest BCUT2D eigenvalue weighted by molar-refractivity contribution is 5.93. The van der Waals surface area contributed by atoms with Crippen molar-refractivity contribution in [1.82, 2.24) is 10.3 Å². The van der Waals surface area contributed by atoms with Gasteiger partial charge >= 0.3 is 6.09 Å². The lowest BCUT2D eigenvalue weighted by Crippen LogP contribution is -2.42. The number of hydrogen-bond acceptors (Lipinski definition) is 4. The molecule has 1 aliphatic carbocycles. The molecule has 1 aromatic heterocycles. The van der Waals surface area contributed by atoms with Crippen LogP contribution >= 0.6 is 0 Å². The Morgan fingerprint density at radius 3 is 2.56 bits per heavy atom. The Labute approximate surface area is 149 Å². The number of ether oxygens (including phenoxy) is 1. The molecule has 134 valence electrons. The Balaban J connectivity index is 1.53. The van der Waals surface area contributed by atoms with Crippen LogP contribution in [0.5, 0.6) is 0 Å². The molecule has 25 heavy (non-hydrogen) atoms. The van der Waals surface area contributed by atoms with Gasteiger partial charge in [0, 0.05) is 40.9 Å². The number of rotatable bonds is 3. The Morgan fingerprint density at radius 2 is 1.84 bits per heavy atom. The Kier molecular flexibility index (Phi) is 5.11. The zero-order chi connectivity index (χ0) is 17.9. The van der Waals surface area contributed by atoms with Crippen LogP contribution < -0.4 is 10.6 Å². The van der Waals surface area contributed by atoms with Crippen LogP contribution in [0, 0.1) is 0 Å². The number of aromatic nitrogens is 1. The summed E-state index contributed by atoms with van der Waals surface area (Å²) < 4.78 is 5.34. The number of anilines is 1. The quantitative estimate of drug-likeness (QED) is 0.864. The molecule has 1 saturated carbocycles. The zero-order valence-electron chi connectivity index (χ0n) is 15.2. The fourth-order valence-electron chi connectivity index (χ4n) is 3.32. The van der Waals surface area contributed by atoms with E-state index in [2.05, 4.69) is 33.8 Å². The fraction of sp³-hybridized carbons (Fsp3) is 0.500. The lowest BCUT2D eigenvalue weighted by atomic mass is 9.91. The van der Waals surface area contributed by atoms with E-state index in [1.807, 2.05) is 39.2 Å². The van der Waals surface area contributed by atoms with E-state index >= 15 is 0 Å². The number of fused-ring (bicyclic) bond motifs is 1. The van der Waals surface area contributed by atoms with Gasteiger partial charge in [-0.05, 0) is 58.6 Å². The van der Waals surface area contributed by atoms with Gasteiger partial charge in [-0.1, -0.05) is 12.1 Å². The third kappa shape index (κ3) is 4.84. The zero-order valence-corrected chi connectivity index (χ0v) is 15.2. The van der Waals surface area contributed by atoms with E-state index in [1.54, 1.807) is 0 Å². The fourth-order valence-corrected chi connectivity index (χ4v) is 3.32. The molecule has 1 aromatic carbocycles. The molecular formula is C20H27N3O2. The second-order valence-electron chi connectivity index (χ2n) is 7.74. The molecule has 0 saturated heterocycles. The molecule has 1 fully saturated rings. The number of nitrogens with one attached hydrogen (secondary N) is 2. The number of carbonyl (C=O) groups is 1. The summed E-state index contributed by atoms with van der Waals surface area (Å²) in [6.07, 6.45) is 7.39. The molecule has 0 bridgehead atoms. The van der Waals surface area contributed by atoms with Crippen molar-refractivity contribution in [3.63, 3.8) is 0 Å². The molecule has 3 rings (SSSR count). The number of benzene rings is 1. The lowest BCUT2D eigenvalue weighted by Gasteiger charge is -2.31. The highest BCUT2D eigenvalue weighted by atomic mass is 16.6. The predicted molar refractivity (Wildman–Crippen MR) is 101 cm³/mol. The summed E-state index contributed by atoms with van der Waals surface area (Å²) in [5.41, 5.74) is 0.704. The van der Waals surface area contributed by atoms with E-state index in [-0.39, 0.29) is 12.1 Å². The minimum Gasteiger partial charge on any atom is -0.444 e. The minimum atomic E-state index is -0.452. The van der Waals surface area contributed by atoms with Gasteiger partial charge in [0.15, 0.2) is 0 Å². The van der Waals surface area contributed by atoms with Gasteiger partial charge < -0.3 is 15.4 Å². The maximum atomic E-state index is 11.9. The maximum absolute atomic E-state index is 11.9. The summed E-state index contributed by atoms with van der Waals surface area (Å²) in [5, 5.41) is 9.00. The first-order valence-corrected chi connectivity index (χ1v) is 8.99. The number of carbonyl (C=O) groups excluding carboxylic acids is 1. The number of alkyl carbamates (subject to hydrolysis) is 1. The first-order valence-electron chi connectivity index (χ1n) is 8.99. The number of pyridine rings is 1. The van der Waals surface area contributed by atoms with E-state index in [9.17, 15) is 4.79 Å². The average Bonchev–Trinajstić information content (AvgIpc) is 2.55. The third-order valence-electron chi connectivity index (χ3n) is 4.49. The molecule has 1 heterocycles. The topological polar surface area (TPSA) is 63.2 Å². The van der Waals surface area contributed by atoms with Gasteiger partial charge in [0.25, 0.3) is 0 Å². The molecule has 1 amide bonds. The van der Waals surface area contributed by atoms with Crippen LogP contribution in [0.3, 0.4) is 0 Å². The minimum absolute atomic E-state index is 0.199. The molecule has 5 nitrogen and oxygen atoms in total. The summed E-state index contributed by atoms with van der Waals surface area (Å²) >= 11 is 0. The molecule has 0 atom stereocenters. The van der Waals surface area contributed by atoms with E-state index in [4.69, 9.17) is 4.74 Å². The number of hydrogen-bond donors (Lipinski definition) is 2. The van der Waals surface area contributed by atoms with Gasteiger partial charge in [-0.3, -0.25) is 4.98 Å². The Morgan fingerprint density at radius 1 is 1.12 bits per heavy atom. The van der Waals surface area contributed by atoms with Crippen molar-refractivity contribution in [2.24, 2.45) is 0 Å². The molecular weight excluding hydrogens is 314 g/mol. The summed E-state index contributed by atoms with van der Waals surface area (Å²) in [4.78, 5) is 16.1. The van der Waals surface area contributed by atoms with Crippen molar-refractivity contribution >= 4 is 22.6 Å². The second kappa shape index (κ2) is 7.30. The molecule has 2 aromatic rings. The van der Waals surface area contributed by atoms with Crippen molar-refractivity contribution < 1.29 is 9.53 Å². The number of nitrogens with zero attached hydrogens (tertiary/aromatic N) is 1. The van der Waals surface area contributed by atoms with E-state index in [0.717, 1.165) is 36.8 Å². The predicted octanol–water partition coefficient (Wildman–Crippen LogP) is 4.48. The van der Waals surface area contributed by atoms with Gasteiger partial charge in [-0.2, -0.15) is 0 Å². The van der Waals surface area contributed by atoms with Crippen molar-refractivity contribution in [3.05, 3.63) is 36.7 Å². The van der Waals surface area contributed by atoms with E-state index in [1.165, 1.54) is 5.39 Å². The molecule has 0 aliphatic heterocycles. The number of amides is 1. The summed E-state index contributed by atoms with van der Waals surface area (Å²) in [5.74, 6) is 0. The monoisotopic (exact) mass is 341 g/mol. The van der Waals surface area contributed by atoms with Crippen LogP contribution in [0.25, 0.3) is 10.8 Å². The van der Waals surface area contributed by atoms with Gasteiger partial charge in [-0.25, -0.2) is 4.79 Å². The van der Waals surface area contributed by atoms with Gasteiger partial charge in [0.1, 0.15) is 5.60 Å². The van der Waals surface area contributed by atoms with Crippen molar-refractivity contribution in [1.29, 1.82) is 0 Å².